The summed E-state index contributed by atoms with van der Waals surface area (Å²) in [5.74, 6) is 2.58. The molecule has 0 bridgehead atoms. The predicted octanol–water partition coefficient (Wildman–Crippen LogP) is 2.29. The SMILES string of the molecule is C[C@@H]1CCCN([C@@H](c2cc3cc4c(cc3[nH]c2=O)OCCO4)c2nnnn2C[C@H]2CCCO2)C1. The molecule has 10 nitrogen and oxygen atoms in total. The Bertz CT molecular complexity index is 1230. The fourth-order valence-electron chi connectivity index (χ4n) is 5.44. The predicted molar refractivity (Wildman–Crippen MR) is 124 cm³/mol. The fraction of sp³-hybridized carbons (Fsp3) is 0.583. The van der Waals surface area contributed by atoms with E-state index in [0.29, 0.717) is 48.6 Å². The molecule has 6 rings (SSSR count). The first-order valence-corrected chi connectivity index (χ1v) is 12.2. The van der Waals surface area contributed by atoms with Crippen LogP contribution in [0.1, 0.15) is 50.0 Å². The zero-order valence-corrected chi connectivity index (χ0v) is 19.4. The molecule has 0 spiro atoms. The topological polar surface area (TPSA) is 107 Å². The molecule has 1 N–H and O–H groups in total. The number of likely N-dealkylation sites (tertiary alicyclic amines) is 1. The molecule has 2 saturated heterocycles. The zero-order chi connectivity index (χ0) is 23.1. The standard InChI is InChI=1S/C24H30N6O4/c1-15-4-2-6-29(13-15)22(23-26-27-28-30(23)14-17-5-3-7-32-17)18-10-16-11-20-21(34-9-8-33-20)12-19(16)25-24(18)31/h10-12,15,17,22H,2-9,13-14H2,1H3,(H,25,31)/t15-,17-,22+/m1/s1. The van der Waals surface area contributed by atoms with Gasteiger partial charge in [0.2, 0.25) is 0 Å². The molecule has 5 heterocycles. The van der Waals surface area contributed by atoms with Crippen molar-refractivity contribution in [2.45, 2.75) is 51.3 Å². The lowest BCUT2D eigenvalue weighted by Gasteiger charge is -2.36. The van der Waals surface area contributed by atoms with Crippen molar-refractivity contribution in [1.29, 1.82) is 0 Å². The van der Waals surface area contributed by atoms with Crippen molar-refractivity contribution in [2.24, 2.45) is 5.92 Å². The average Bonchev–Trinajstić information content (AvgIpc) is 3.51. The lowest BCUT2D eigenvalue weighted by Crippen LogP contribution is -2.41. The molecular weight excluding hydrogens is 436 g/mol. The normalized spacial score (nSPS) is 23.9. The van der Waals surface area contributed by atoms with Crippen molar-refractivity contribution in [2.75, 3.05) is 32.9 Å². The van der Waals surface area contributed by atoms with E-state index in [0.717, 1.165) is 49.9 Å². The van der Waals surface area contributed by atoms with Crippen molar-refractivity contribution < 1.29 is 14.2 Å². The minimum Gasteiger partial charge on any atom is -0.486 e. The number of H-pyrrole nitrogens is 1. The third kappa shape index (κ3) is 4.05. The van der Waals surface area contributed by atoms with Gasteiger partial charge in [-0.05, 0) is 60.7 Å². The van der Waals surface area contributed by atoms with Gasteiger partial charge in [0.25, 0.3) is 5.56 Å². The average molecular weight is 467 g/mol. The van der Waals surface area contributed by atoms with Crippen molar-refractivity contribution in [1.82, 2.24) is 30.1 Å². The molecule has 0 amide bonds. The van der Waals surface area contributed by atoms with E-state index in [2.05, 4.69) is 32.3 Å². The number of hydrogen-bond donors (Lipinski definition) is 1. The molecule has 1 aromatic carbocycles. The van der Waals surface area contributed by atoms with Gasteiger partial charge in [0.05, 0.1) is 18.2 Å². The number of nitrogens with zero attached hydrogens (tertiary/aromatic N) is 5. The number of aromatic nitrogens is 5. The van der Waals surface area contributed by atoms with Gasteiger partial charge in [0.1, 0.15) is 19.3 Å². The first-order valence-electron chi connectivity index (χ1n) is 12.2. The number of nitrogens with one attached hydrogen (secondary N) is 1. The van der Waals surface area contributed by atoms with Crippen LogP contribution in [0, 0.1) is 5.92 Å². The maximum atomic E-state index is 13.5. The largest absolute Gasteiger partial charge is 0.486 e. The first-order chi connectivity index (χ1) is 16.7. The molecule has 2 aromatic heterocycles. The molecule has 0 radical (unpaired) electrons. The molecule has 180 valence electrons. The van der Waals surface area contributed by atoms with E-state index in [9.17, 15) is 4.79 Å². The van der Waals surface area contributed by atoms with Gasteiger partial charge in [0, 0.05) is 30.2 Å². The zero-order valence-electron chi connectivity index (χ0n) is 19.4. The van der Waals surface area contributed by atoms with Crippen molar-refractivity contribution in [3.05, 3.63) is 39.9 Å². The second-order valence-corrected chi connectivity index (χ2v) is 9.64. The lowest BCUT2D eigenvalue weighted by molar-refractivity contribution is 0.0889. The highest BCUT2D eigenvalue weighted by Crippen LogP contribution is 2.36. The number of rotatable bonds is 5. The van der Waals surface area contributed by atoms with E-state index in [1.165, 1.54) is 6.42 Å². The molecule has 2 fully saturated rings. The third-order valence-corrected chi connectivity index (χ3v) is 7.09. The number of hydrogen-bond acceptors (Lipinski definition) is 8. The Balaban J connectivity index is 1.45. The highest BCUT2D eigenvalue weighted by molar-refractivity contribution is 5.83. The van der Waals surface area contributed by atoms with Gasteiger partial charge in [0.15, 0.2) is 17.3 Å². The first kappa shape index (κ1) is 21.5. The summed E-state index contributed by atoms with van der Waals surface area (Å²) in [5, 5.41) is 13.6. The molecule has 0 saturated carbocycles. The van der Waals surface area contributed by atoms with E-state index in [4.69, 9.17) is 14.2 Å². The van der Waals surface area contributed by atoms with Crippen LogP contribution in [0.25, 0.3) is 10.9 Å². The van der Waals surface area contributed by atoms with Crippen LogP contribution >= 0.6 is 0 Å². The summed E-state index contributed by atoms with van der Waals surface area (Å²) in [5.41, 5.74) is 1.23. The molecule has 0 unspecified atom stereocenters. The maximum Gasteiger partial charge on any atom is 0.253 e. The summed E-state index contributed by atoms with van der Waals surface area (Å²) in [7, 11) is 0. The van der Waals surface area contributed by atoms with Crippen molar-refractivity contribution in [3.63, 3.8) is 0 Å². The minimum absolute atomic E-state index is 0.0988. The van der Waals surface area contributed by atoms with Gasteiger partial charge in [-0.1, -0.05) is 6.92 Å². The number of piperidine rings is 1. The summed E-state index contributed by atoms with van der Waals surface area (Å²) in [6.45, 7) is 6.41. The summed E-state index contributed by atoms with van der Waals surface area (Å²) in [4.78, 5) is 18.9. The van der Waals surface area contributed by atoms with Crippen LogP contribution in [0.5, 0.6) is 11.5 Å². The highest BCUT2D eigenvalue weighted by atomic mass is 16.6. The van der Waals surface area contributed by atoms with Gasteiger partial charge >= 0.3 is 0 Å². The number of ether oxygens (including phenoxy) is 3. The Hall–Kier alpha value is -2.98. The van der Waals surface area contributed by atoms with Crippen LogP contribution in [0.3, 0.4) is 0 Å². The van der Waals surface area contributed by atoms with Crippen molar-refractivity contribution >= 4 is 10.9 Å². The third-order valence-electron chi connectivity index (χ3n) is 7.09. The highest BCUT2D eigenvalue weighted by Gasteiger charge is 2.33. The molecular formula is C24H30N6O4. The maximum absolute atomic E-state index is 13.5. The number of fused-ring (bicyclic) bond motifs is 2. The summed E-state index contributed by atoms with van der Waals surface area (Å²) < 4.78 is 19.1. The number of pyridine rings is 1. The molecule has 34 heavy (non-hydrogen) atoms. The molecule has 3 aliphatic rings. The number of aromatic amines is 1. The van der Waals surface area contributed by atoms with Gasteiger partial charge in [-0.3, -0.25) is 9.69 Å². The van der Waals surface area contributed by atoms with Gasteiger partial charge in [-0.2, -0.15) is 0 Å². The lowest BCUT2D eigenvalue weighted by atomic mass is 9.95. The number of tetrazole rings is 1. The van der Waals surface area contributed by atoms with E-state index >= 15 is 0 Å². The second-order valence-electron chi connectivity index (χ2n) is 9.64. The van der Waals surface area contributed by atoms with Gasteiger partial charge in [-0.15, -0.1) is 5.10 Å². The molecule has 3 atom stereocenters. The van der Waals surface area contributed by atoms with Crippen LogP contribution in [0.2, 0.25) is 0 Å². The molecule has 3 aliphatic heterocycles. The fourth-order valence-corrected chi connectivity index (χ4v) is 5.44. The van der Waals surface area contributed by atoms with Crippen LogP contribution in [-0.2, 0) is 11.3 Å². The van der Waals surface area contributed by atoms with Crippen LogP contribution in [-0.4, -0.2) is 69.1 Å². The Morgan fingerprint density at radius 3 is 2.76 bits per heavy atom. The van der Waals surface area contributed by atoms with Crippen LogP contribution < -0.4 is 15.0 Å². The van der Waals surface area contributed by atoms with Crippen LogP contribution in [0.4, 0.5) is 0 Å². The number of benzene rings is 1. The van der Waals surface area contributed by atoms with Crippen molar-refractivity contribution in [3.8, 4) is 11.5 Å². The van der Waals surface area contributed by atoms with Crippen LogP contribution in [0.15, 0.2) is 23.0 Å². The van der Waals surface area contributed by atoms with E-state index in [1.807, 2.05) is 22.9 Å². The van der Waals surface area contributed by atoms with E-state index in [1.54, 1.807) is 0 Å². The quantitative estimate of drug-likeness (QED) is 0.610. The Kier molecular flexibility index (Phi) is 5.70. The summed E-state index contributed by atoms with van der Waals surface area (Å²) in [6.07, 6.45) is 4.41. The van der Waals surface area contributed by atoms with Gasteiger partial charge in [-0.25, -0.2) is 4.68 Å². The molecule has 3 aromatic rings. The molecule has 0 aliphatic carbocycles. The Morgan fingerprint density at radius 2 is 1.97 bits per heavy atom. The Labute approximate surface area is 197 Å². The summed E-state index contributed by atoms with van der Waals surface area (Å²) in [6, 6.07) is 5.39. The molecule has 10 heteroatoms. The Morgan fingerprint density at radius 1 is 1.12 bits per heavy atom. The summed E-state index contributed by atoms with van der Waals surface area (Å²) >= 11 is 0. The smallest absolute Gasteiger partial charge is 0.253 e. The second kappa shape index (κ2) is 8.99. The van der Waals surface area contributed by atoms with E-state index in [-0.39, 0.29) is 17.7 Å². The van der Waals surface area contributed by atoms with E-state index < -0.39 is 0 Å². The minimum atomic E-state index is -0.347. The van der Waals surface area contributed by atoms with Gasteiger partial charge < -0.3 is 19.2 Å². The monoisotopic (exact) mass is 466 g/mol.